The monoisotopic (exact) mass is 445 g/mol. The van der Waals surface area contributed by atoms with Gasteiger partial charge in [0.15, 0.2) is 11.5 Å². The Morgan fingerprint density at radius 3 is 2.00 bits per heavy atom. The van der Waals surface area contributed by atoms with Crippen LogP contribution in [0.5, 0.6) is 23.0 Å². The topological polar surface area (TPSA) is 124 Å². The van der Waals surface area contributed by atoms with E-state index in [1.54, 1.807) is 21.3 Å². The first kappa shape index (κ1) is 24.5. The third-order valence-corrected chi connectivity index (χ3v) is 4.60. The Hall–Kier alpha value is -3.72. The zero-order valence-corrected chi connectivity index (χ0v) is 18.2. The number of ether oxygens (including phenoxy) is 4. The standard InChI is InChI=1S/C19H23NO4.C4H4O4/c1-21-14-4-6-15(7-5-14)24-19-12-20-9-8-13-10-17(22-2)18(23-3)11-16(13)19;5-3(6)1-2-4(7)8/h4-7,10-11,19-20H,8-9,12H2,1-3H3;1-2H,(H,5,6)(H,7,8). The van der Waals surface area contributed by atoms with E-state index in [0.29, 0.717) is 12.2 Å². The van der Waals surface area contributed by atoms with Gasteiger partial charge in [-0.15, -0.1) is 0 Å². The minimum atomic E-state index is -1.26. The van der Waals surface area contributed by atoms with Crippen molar-refractivity contribution in [3.05, 3.63) is 59.7 Å². The molecule has 1 aliphatic rings. The molecule has 0 saturated carbocycles. The highest BCUT2D eigenvalue weighted by atomic mass is 16.5. The lowest BCUT2D eigenvalue weighted by molar-refractivity contribution is -0.134. The van der Waals surface area contributed by atoms with Gasteiger partial charge in [-0.1, -0.05) is 0 Å². The van der Waals surface area contributed by atoms with E-state index in [2.05, 4.69) is 5.32 Å². The van der Waals surface area contributed by atoms with E-state index < -0.39 is 11.9 Å². The van der Waals surface area contributed by atoms with Crippen molar-refractivity contribution in [3.63, 3.8) is 0 Å². The second-order valence-electron chi connectivity index (χ2n) is 6.65. The van der Waals surface area contributed by atoms with Crippen LogP contribution in [0.1, 0.15) is 17.2 Å². The molecule has 2 aromatic carbocycles. The molecule has 1 aliphatic heterocycles. The lowest BCUT2D eigenvalue weighted by atomic mass is 10.00. The van der Waals surface area contributed by atoms with E-state index in [1.807, 2.05) is 36.4 Å². The van der Waals surface area contributed by atoms with Gasteiger partial charge in [-0.2, -0.15) is 0 Å². The summed E-state index contributed by atoms with van der Waals surface area (Å²) < 4.78 is 22.3. The first-order valence-corrected chi connectivity index (χ1v) is 9.78. The number of methoxy groups -OCH3 is 3. The second kappa shape index (κ2) is 12.2. The number of carboxylic acid groups (broad SMARTS) is 2. The first-order valence-electron chi connectivity index (χ1n) is 9.78. The smallest absolute Gasteiger partial charge is 0.328 e. The molecule has 1 unspecified atom stereocenters. The van der Waals surface area contributed by atoms with Crippen LogP contribution in [0.2, 0.25) is 0 Å². The minimum absolute atomic E-state index is 0.0873. The summed E-state index contributed by atoms with van der Waals surface area (Å²) in [5, 5.41) is 19.1. The summed E-state index contributed by atoms with van der Waals surface area (Å²) in [6, 6.07) is 11.7. The summed E-state index contributed by atoms with van der Waals surface area (Å²) in [6.07, 6.45) is 1.96. The number of hydrogen-bond donors (Lipinski definition) is 3. The molecule has 32 heavy (non-hydrogen) atoms. The van der Waals surface area contributed by atoms with Gasteiger partial charge in [-0.05, 0) is 54.9 Å². The van der Waals surface area contributed by atoms with Gasteiger partial charge in [0.25, 0.3) is 0 Å². The Balaban J connectivity index is 0.000000390. The maximum atomic E-state index is 9.55. The summed E-state index contributed by atoms with van der Waals surface area (Å²) >= 11 is 0. The van der Waals surface area contributed by atoms with E-state index in [1.165, 1.54) is 5.56 Å². The van der Waals surface area contributed by atoms with Gasteiger partial charge in [0.1, 0.15) is 17.6 Å². The molecule has 0 fully saturated rings. The van der Waals surface area contributed by atoms with Crippen LogP contribution >= 0.6 is 0 Å². The van der Waals surface area contributed by atoms with Crippen molar-refractivity contribution in [3.8, 4) is 23.0 Å². The molecule has 0 radical (unpaired) electrons. The van der Waals surface area contributed by atoms with Gasteiger partial charge < -0.3 is 34.5 Å². The summed E-state index contributed by atoms with van der Waals surface area (Å²) in [5.74, 6) is 0.584. The molecule has 0 bridgehead atoms. The summed E-state index contributed by atoms with van der Waals surface area (Å²) in [5.41, 5.74) is 2.35. The van der Waals surface area contributed by atoms with E-state index in [4.69, 9.17) is 29.2 Å². The molecule has 0 saturated heterocycles. The number of benzene rings is 2. The maximum Gasteiger partial charge on any atom is 0.328 e. The van der Waals surface area contributed by atoms with Crippen LogP contribution in [-0.2, 0) is 16.0 Å². The fraction of sp³-hybridized carbons (Fsp3) is 0.304. The third kappa shape index (κ3) is 7.21. The second-order valence-corrected chi connectivity index (χ2v) is 6.65. The van der Waals surface area contributed by atoms with Gasteiger partial charge in [0.2, 0.25) is 0 Å². The van der Waals surface area contributed by atoms with Crippen molar-refractivity contribution < 1.29 is 38.7 Å². The average molecular weight is 445 g/mol. The first-order chi connectivity index (χ1) is 15.4. The summed E-state index contributed by atoms with van der Waals surface area (Å²) in [4.78, 5) is 19.1. The van der Waals surface area contributed by atoms with Gasteiger partial charge in [0, 0.05) is 24.3 Å². The van der Waals surface area contributed by atoms with Crippen LogP contribution in [0.25, 0.3) is 0 Å². The van der Waals surface area contributed by atoms with Crippen molar-refractivity contribution in [1.29, 1.82) is 0 Å². The van der Waals surface area contributed by atoms with E-state index in [9.17, 15) is 9.59 Å². The molecule has 172 valence electrons. The molecule has 0 aliphatic carbocycles. The van der Waals surface area contributed by atoms with Crippen molar-refractivity contribution in [2.75, 3.05) is 34.4 Å². The van der Waals surface area contributed by atoms with Crippen molar-refractivity contribution in [1.82, 2.24) is 5.32 Å². The predicted molar refractivity (Wildman–Crippen MR) is 117 cm³/mol. The van der Waals surface area contributed by atoms with Crippen LogP contribution in [-0.4, -0.2) is 56.6 Å². The van der Waals surface area contributed by atoms with Crippen molar-refractivity contribution in [2.24, 2.45) is 0 Å². The van der Waals surface area contributed by atoms with E-state index in [0.717, 1.165) is 48.1 Å². The molecule has 9 heteroatoms. The molecule has 9 nitrogen and oxygen atoms in total. The molecule has 0 aromatic heterocycles. The summed E-state index contributed by atoms with van der Waals surface area (Å²) in [6.45, 7) is 1.65. The largest absolute Gasteiger partial charge is 0.497 e. The highest BCUT2D eigenvalue weighted by Crippen LogP contribution is 2.36. The molecular weight excluding hydrogens is 418 g/mol. The molecule has 1 atom stereocenters. The van der Waals surface area contributed by atoms with Gasteiger partial charge >= 0.3 is 11.9 Å². The SMILES string of the molecule is COc1ccc(OC2CNCCc3cc(OC)c(OC)cc32)cc1.O=C(O)C=CC(=O)O. The lowest BCUT2D eigenvalue weighted by Gasteiger charge is -2.21. The molecule has 3 rings (SSSR count). The zero-order chi connectivity index (χ0) is 23.5. The number of aliphatic carboxylic acids is 2. The van der Waals surface area contributed by atoms with Crippen LogP contribution in [0.15, 0.2) is 48.6 Å². The molecule has 1 heterocycles. The van der Waals surface area contributed by atoms with Crippen LogP contribution in [0.3, 0.4) is 0 Å². The third-order valence-electron chi connectivity index (χ3n) is 4.60. The number of rotatable bonds is 7. The molecule has 0 amide bonds. The number of carbonyl (C=O) groups is 2. The van der Waals surface area contributed by atoms with Crippen LogP contribution in [0, 0.1) is 0 Å². The fourth-order valence-electron chi connectivity index (χ4n) is 3.09. The minimum Gasteiger partial charge on any atom is -0.497 e. The lowest BCUT2D eigenvalue weighted by Crippen LogP contribution is -2.23. The van der Waals surface area contributed by atoms with E-state index >= 15 is 0 Å². The Labute approximate surface area is 186 Å². The normalized spacial score (nSPS) is 14.9. The maximum absolute atomic E-state index is 9.55. The Kier molecular flexibility index (Phi) is 9.37. The zero-order valence-electron chi connectivity index (χ0n) is 18.2. The number of fused-ring (bicyclic) bond motifs is 1. The summed E-state index contributed by atoms with van der Waals surface area (Å²) in [7, 11) is 4.96. The predicted octanol–water partition coefficient (Wildman–Crippen LogP) is 2.69. The fourth-order valence-corrected chi connectivity index (χ4v) is 3.09. The Morgan fingerprint density at radius 2 is 1.47 bits per heavy atom. The molecule has 2 aromatic rings. The number of hydrogen-bond acceptors (Lipinski definition) is 7. The molecular formula is C23H27NO8. The van der Waals surface area contributed by atoms with Gasteiger partial charge in [0.05, 0.1) is 21.3 Å². The average Bonchev–Trinajstić information content (AvgIpc) is 2.99. The highest BCUT2D eigenvalue weighted by Gasteiger charge is 2.23. The Bertz CT molecular complexity index is 924. The van der Waals surface area contributed by atoms with Gasteiger partial charge in [-0.25, -0.2) is 9.59 Å². The molecule has 3 N–H and O–H groups in total. The quantitative estimate of drug-likeness (QED) is 0.552. The van der Waals surface area contributed by atoms with Crippen molar-refractivity contribution >= 4 is 11.9 Å². The van der Waals surface area contributed by atoms with Crippen LogP contribution < -0.4 is 24.3 Å². The van der Waals surface area contributed by atoms with Crippen LogP contribution in [0.4, 0.5) is 0 Å². The number of carboxylic acids is 2. The number of nitrogens with one attached hydrogen (secondary N) is 1. The van der Waals surface area contributed by atoms with Crippen molar-refractivity contribution in [2.45, 2.75) is 12.5 Å². The van der Waals surface area contributed by atoms with E-state index in [-0.39, 0.29) is 6.10 Å². The highest BCUT2D eigenvalue weighted by molar-refractivity contribution is 5.89. The Morgan fingerprint density at radius 1 is 0.906 bits per heavy atom. The van der Waals surface area contributed by atoms with Gasteiger partial charge in [-0.3, -0.25) is 0 Å². The molecule has 0 spiro atoms.